The van der Waals surface area contributed by atoms with Crippen molar-refractivity contribution in [1.82, 2.24) is 0 Å². The van der Waals surface area contributed by atoms with Gasteiger partial charge < -0.3 is 10.2 Å². The average Bonchev–Trinajstić information content (AvgIpc) is 2.42. The molecule has 0 aromatic heterocycles. The molecular weight excluding hydrogens is 478 g/mol. The van der Waals surface area contributed by atoms with Gasteiger partial charge in [0.25, 0.3) is 0 Å². The molecule has 20 heavy (non-hydrogen) atoms. The zero-order valence-corrected chi connectivity index (χ0v) is 16.1. The van der Waals surface area contributed by atoms with Crippen molar-refractivity contribution in [3.8, 4) is 22.6 Å². The summed E-state index contributed by atoms with van der Waals surface area (Å²) >= 11 is 4.55. The molecule has 2 N–H and O–H groups in total. The van der Waals surface area contributed by atoms with Crippen molar-refractivity contribution >= 4 is 45.2 Å². The Morgan fingerprint density at radius 3 is 1.30 bits per heavy atom. The van der Waals surface area contributed by atoms with Gasteiger partial charge >= 0.3 is 0 Å². The van der Waals surface area contributed by atoms with Crippen LogP contribution in [0, 0.1) is 34.8 Å². The van der Waals surface area contributed by atoms with Crippen molar-refractivity contribution in [2.45, 2.75) is 27.7 Å². The molecule has 2 rings (SSSR count). The lowest BCUT2D eigenvalue weighted by atomic mass is 9.96. The van der Waals surface area contributed by atoms with Gasteiger partial charge in [-0.2, -0.15) is 0 Å². The van der Waals surface area contributed by atoms with Gasteiger partial charge in [-0.15, -0.1) is 0 Å². The van der Waals surface area contributed by atoms with Crippen molar-refractivity contribution in [2.24, 2.45) is 0 Å². The first kappa shape index (κ1) is 15.9. The lowest BCUT2D eigenvalue weighted by Gasteiger charge is -2.16. The highest BCUT2D eigenvalue weighted by Gasteiger charge is 2.17. The number of phenols is 2. The molecule has 0 aliphatic rings. The Labute approximate surface area is 146 Å². The number of benzene rings is 2. The summed E-state index contributed by atoms with van der Waals surface area (Å²) in [5, 5.41) is 20.1. The molecule has 0 saturated carbocycles. The van der Waals surface area contributed by atoms with Gasteiger partial charge in [0.05, 0.1) is 0 Å². The maximum Gasteiger partial charge on any atom is 0.122 e. The molecule has 2 nitrogen and oxygen atoms in total. The van der Waals surface area contributed by atoms with E-state index in [2.05, 4.69) is 45.2 Å². The fourth-order valence-corrected chi connectivity index (χ4v) is 3.70. The van der Waals surface area contributed by atoms with E-state index in [9.17, 15) is 10.2 Å². The molecule has 0 saturated heterocycles. The van der Waals surface area contributed by atoms with Crippen LogP contribution in [0.5, 0.6) is 11.5 Å². The molecule has 0 aliphatic carbocycles. The molecule has 0 unspecified atom stereocenters. The van der Waals surface area contributed by atoms with Gasteiger partial charge in [-0.05, 0) is 107 Å². The number of aromatic hydroxyl groups is 2. The molecule has 0 amide bonds. The van der Waals surface area contributed by atoms with E-state index >= 15 is 0 Å². The monoisotopic (exact) mass is 494 g/mol. The number of rotatable bonds is 1. The highest BCUT2D eigenvalue weighted by molar-refractivity contribution is 14.1. The number of aryl methyl sites for hydroxylation is 2. The fraction of sp³-hybridized carbons (Fsp3) is 0.250. The molecule has 0 bridgehead atoms. The van der Waals surface area contributed by atoms with Crippen molar-refractivity contribution in [3.63, 3.8) is 0 Å². The number of hydrogen-bond acceptors (Lipinski definition) is 2. The van der Waals surface area contributed by atoms with E-state index in [-0.39, 0.29) is 0 Å². The molecule has 0 spiro atoms. The second-order valence-corrected chi connectivity index (χ2v) is 7.21. The number of halogens is 2. The van der Waals surface area contributed by atoms with Gasteiger partial charge in [-0.1, -0.05) is 0 Å². The Bertz CT molecular complexity index is 645. The minimum absolute atomic E-state index is 0.361. The minimum atomic E-state index is 0.361. The largest absolute Gasteiger partial charge is 0.507 e. The maximum atomic E-state index is 10.0. The number of hydrogen-bond donors (Lipinski definition) is 2. The van der Waals surface area contributed by atoms with E-state index in [0.29, 0.717) is 11.5 Å². The first-order valence-corrected chi connectivity index (χ1v) is 8.39. The molecule has 0 atom stereocenters. The zero-order chi connectivity index (χ0) is 15.2. The summed E-state index contributed by atoms with van der Waals surface area (Å²) in [6.07, 6.45) is 0. The van der Waals surface area contributed by atoms with Crippen LogP contribution in [0.15, 0.2) is 12.1 Å². The lowest BCUT2D eigenvalue weighted by Crippen LogP contribution is -1.96. The molecule has 106 valence electrons. The van der Waals surface area contributed by atoms with E-state index < -0.39 is 0 Å². The predicted molar refractivity (Wildman–Crippen MR) is 99.6 cm³/mol. The van der Waals surface area contributed by atoms with Gasteiger partial charge in [0.2, 0.25) is 0 Å². The van der Waals surface area contributed by atoms with Crippen LogP contribution >= 0.6 is 45.2 Å². The summed E-state index contributed by atoms with van der Waals surface area (Å²) in [5.41, 5.74) is 5.76. The topological polar surface area (TPSA) is 40.5 Å². The zero-order valence-electron chi connectivity index (χ0n) is 11.8. The van der Waals surface area contributed by atoms with Crippen LogP contribution in [0.4, 0.5) is 0 Å². The van der Waals surface area contributed by atoms with E-state index in [0.717, 1.165) is 40.5 Å². The van der Waals surface area contributed by atoms with E-state index in [4.69, 9.17) is 0 Å². The normalized spacial score (nSPS) is 10.9. The summed E-state index contributed by atoms with van der Waals surface area (Å²) in [7, 11) is 0. The van der Waals surface area contributed by atoms with Gasteiger partial charge in [-0.3, -0.25) is 0 Å². The Morgan fingerprint density at radius 1 is 0.700 bits per heavy atom. The molecule has 2 aromatic carbocycles. The average molecular weight is 494 g/mol. The quantitative estimate of drug-likeness (QED) is 0.535. The van der Waals surface area contributed by atoms with Crippen LogP contribution in [0.2, 0.25) is 0 Å². The van der Waals surface area contributed by atoms with Crippen LogP contribution in [-0.2, 0) is 0 Å². The summed E-state index contributed by atoms with van der Waals surface area (Å²) < 4.78 is 2.10. The van der Waals surface area contributed by atoms with Crippen LogP contribution in [0.3, 0.4) is 0 Å². The molecule has 2 aromatic rings. The second kappa shape index (κ2) is 5.71. The minimum Gasteiger partial charge on any atom is -0.507 e. The van der Waals surface area contributed by atoms with Gasteiger partial charge in [0.15, 0.2) is 0 Å². The summed E-state index contributed by atoms with van der Waals surface area (Å²) in [6.45, 7) is 7.69. The SMILES string of the molecule is Cc1cc(-c2cc(C)c(O)c(C)c2I)c(I)c(C)c1O. The maximum absolute atomic E-state index is 10.0. The Kier molecular flexibility index (Phi) is 4.53. The van der Waals surface area contributed by atoms with E-state index in [1.54, 1.807) is 0 Å². The standard InChI is InChI=1S/C16H16I2O2/c1-7-5-11(13(17)9(3)15(7)19)12-6-8(2)16(20)10(4)14(12)18/h5-6,19-20H,1-4H3. The van der Waals surface area contributed by atoms with Crippen LogP contribution in [0.25, 0.3) is 11.1 Å². The molecule has 0 radical (unpaired) electrons. The van der Waals surface area contributed by atoms with Crippen molar-refractivity contribution in [3.05, 3.63) is 41.5 Å². The van der Waals surface area contributed by atoms with Gasteiger partial charge in [-0.25, -0.2) is 0 Å². The highest BCUT2D eigenvalue weighted by Crippen LogP contribution is 2.40. The third kappa shape index (κ3) is 2.52. The Morgan fingerprint density at radius 2 is 1.00 bits per heavy atom. The smallest absolute Gasteiger partial charge is 0.122 e. The summed E-state index contributed by atoms with van der Waals surface area (Å²) in [4.78, 5) is 0. The van der Waals surface area contributed by atoms with Crippen molar-refractivity contribution in [2.75, 3.05) is 0 Å². The molecular formula is C16H16I2O2. The van der Waals surface area contributed by atoms with Crippen LogP contribution in [-0.4, -0.2) is 10.2 Å². The van der Waals surface area contributed by atoms with Gasteiger partial charge in [0, 0.05) is 18.3 Å². The summed E-state index contributed by atoms with van der Waals surface area (Å²) in [5.74, 6) is 0.723. The number of phenolic OH excluding ortho intramolecular Hbond substituents is 2. The molecule has 0 aliphatic heterocycles. The lowest BCUT2D eigenvalue weighted by molar-refractivity contribution is 0.465. The summed E-state index contributed by atoms with van der Waals surface area (Å²) in [6, 6.07) is 4.02. The molecule has 0 fully saturated rings. The van der Waals surface area contributed by atoms with Crippen molar-refractivity contribution < 1.29 is 10.2 Å². The van der Waals surface area contributed by atoms with Crippen LogP contribution < -0.4 is 0 Å². The fourth-order valence-electron chi connectivity index (χ4n) is 2.29. The van der Waals surface area contributed by atoms with Gasteiger partial charge in [0.1, 0.15) is 11.5 Å². The van der Waals surface area contributed by atoms with Crippen molar-refractivity contribution in [1.29, 1.82) is 0 Å². The predicted octanol–water partition coefficient (Wildman–Crippen LogP) is 5.21. The van der Waals surface area contributed by atoms with Crippen LogP contribution in [0.1, 0.15) is 22.3 Å². The van der Waals surface area contributed by atoms with E-state index in [1.165, 1.54) is 0 Å². The first-order valence-electron chi connectivity index (χ1n) is 6.23. The Balaban J connectivity index is 2.83. The highest BCUT2D eigenvalue weighted by atomic mass is 127. The Hall–Kier alpha value is -0.500. The third-order valence-electron chi connectivity index (χ3n) is 3.60. The van der Waals surface area contributed by atoms with E-state index in [1.807, 2.05) is 39.8 Å². The third-order valence-corrected chi connectivity index (χ3v) is 6.38. The molecule has 0 heterocycles. The first-order chi connectivity index (χ1) is 9.25. The second-order valence-electron chi connectivity index (χ2n) is 5.06. The molecule has 4 heteroatoms.